The molecule has 2 heterocycles. The minimum Gasteiger partial charge on any atom is -0.321 e. The molecule has 1 aromatic carbocycles. The number of aromatic nitrogens is 5. The second-order valence-corrected chi connectivity index (χ2v) is 5.32. The van der Waals surface area contributed by atoms with Gasteiger partial charge in [0.05, 0.1) is 17.6 Å². The van der Waals surface area contributed by atoms with Gasteiger partial charge in [0, 0.05) is 12.7 Å². The second kappa shape index (κ2) is 6.04. The van der Waals surface area contributed by atoms with E-state index < -0.39 is 11.9 Å². The molecule has 0 atom stereocenters. The van der Waals surface area contributed by atoms with Gasteiger partial charge in [-0.15, -0.1) is 5.10 Å². The number of alkyl halides is 3. The zero-order valence-corrected chi connectivity index (χ0v) is 13.2. The normalized spacial score (nSPS) is 11.6. The van der Waals surface area contributed by atoms with Gasteiger partial charge in [0.1, 0.15) is 5.69 Å². The fraction of sp³-hybridized carbons (Fsp3) is 0.200. The molecule has 0 fully saturated rings. The van der Waals surface area contributed by atoms with Gasteiger partial charge in [-0.3, -0.25) is 9.48 Å². The quantitative estimate of drug-likeness (QED) is 0.788. The van der Waals surface area contributed by atoms with Crippen LogP contribution in [0.15, 0.2) is 36.5 Å². The summed E-state index contributed by atoms with van der Waals surface area (Å²) in [6.45, 7) is 1.77. The van der Waals surface area contributed by atoms with Crippen molar-refractivity contribution in [2.24, 2.45) is 7.05 Å². The van der Waals surface area contributed by atoms with Crippen molar-refractivity contribution < 1.29 is 18.0 Å². The predicted octanol–water partition coefficient (Wildman–Crippen LogP) is 2.58. The highest BCUT2D eigenvalue weighted by atomic mass is 19.4. The Kier molecular flexibility index (Phi) is 4.03. The standard InChI is InChI=1S/C15H13F3N6O/c1-9-7-12(23(2)21-9)14(25)20-10-3-5-11(6-4-10)24-13(8-19-22-24)15(16,17)18/h3-8H,1-2H3,(H,20,25). The van der Waals surface area contributed by atoms with E-state index in [9.17, 15) is 18.0 Å². The molecule has 0 radical (unpaired) electrons. The first-order chi connectivity index (χ1) is 11.8. The number of benzene rings is 1. The van der Waals surface area contributed by atoms with Crippen LogP contribution in [0.5, 0.6) is 0 Å². The minimum absolute atomic E-state index is 0.180. The fourth-order valence-corrected chi connectivity index (χ4v) is 2.32. The molecule has 7 nitrogen and oxygen atoms in total. The molecule has 2 aromatic heterocycles. The van der Waals surface area contributed by atoms with E-state index in [0.29, 0.717) is 28.0 Å². The molecule has 0 aliphatic carbocycles. The Balaban J connectivity index is 1.80. The van der Waals surface area contributed by atoms with E-state index in [1.165, 1.54) is 28.9 Å². The Bertz CT molecular complexity index is 910. The Morgan fingerprint density at radius 3 is 2.44 bits per heavy atom. The monoisotopic (exact) mass is 350 g/mol. The van der Waals surface area contributed by atoms with Crippen molar-refractivity contribution in [3.63, 3.8) is 0 Å². The van der Waals surface area contributed by atoms with Crippen molar-refractivity contribution in [3.8, 4) is 5.69 Å². The molecule has 1 N–H and O–H groups in total. The van der Waals surface area contributed by atoms with E-state index in [0.717, 1.165) is 0 Å². The van der Waals surface area contributed by atoms with E-state index in [1.807, 2.05) is 0 Å². The summed E-state index contributed by atoms with van der Waals surface area (Å²) in [6.07, 6.45) is -3.91. The molecule has 25 heavy (non-hydrogen) atoms. The summed E-state index contributed by atoms with van der Waals surface area (Å²) in [4.78, 5) is 12.2. The summed E-state index contributed by atoms with van der Waals surface area (Å²) in [6, 6.07) is 7.42. The van der Waals surface area contributed by atoms with Gasteiger partial charge in [0.15, 0.2) is 5.69 Å². The van der Waals surface area contributed by atoms with E-state index in [-0.39, 0.29) is 11.6 Å². The van der Waals surface area contributed by atoms with Crippen molar-refractivity contribution in [2.75, 3.05) is 5.32 Å². The first kappa shape index (κ1) is 16.7. The number of amides is 1. The van der Waals surface area contributed by atoms with E-state index in [2.05, 4.69) is 20.7 Å². The third-order valence-electron chi connectivity index (χ3n) is 3.44. The Labute approximate surface area is 140 Å². The molecule has 3 aromatic rings. The molecule has 0 unspecified atom stereocenters. The van der Waals surface area contributed by atoms with Crippen LogP contribution in [-0.4, -0.2) is 30.7 Å². The molecule has 3 rings (SSSR count). The first-order valence-electron chi connectivity index (χ1n) is 7.16. The van der Waals surface area contributed by atoms with Gasteiger partial charge in [-0.05, 0) is 37.3 Å². The average Bonchev–Trinajstić information content (AvgIpc) is 3.14. The number of carbonyl (C=O) groups excluding carboxylic acids is 1. The van der Waals surface area contributed by atoms with Crippen molar-refractivity contribution in [2.45, 2.75) is 13.1 Å². The van der Waals surface area contributed by atoms with E-state index in [4.69, 9.17) is 0 Å². The number of nitrogens with one attached hydrogen (secondary N) is 1. The summed E-state index contributed by atoms with van der Waals surface area (Å²) in [5.74, 6) is -0.368. The number of halogens is 3. The fourth-order valence-electron chi connectivity index (χ4n) is 2.32. The van der Waals surface area contributed by atoms with Gasteiger partial charge in [0.25, 0.3) is 5.91 Å². The van der Waals surface area contributed by atoms with E-state index >= 15 is 0 Å². The molecule has 10 heteroatoms. The lowest BCUT2D eigenvalue weighted by molar-refractivity contribution is -0.142. The Hall–Kier alpha value is -3.17. The van der Waals surface area contributed by atoms with Gasteiger partial charge < -0.3 is 5.32 Å². The lowest BCUT2D eigenvalue weighted by atomic mass is 10.2. The van der Waals surface area contributed by atoms with Crippen molar-refractivity contribution in [1.29, 1.82) is 0 Å². The summed E-state index contributed by atoms with van der Waals surface area (Å²) in [5.41, 5.74) is 0.709. The number of carbonyl (C=O) groups is 1. The van der Waals surface area contributed by atoms with Gasteiger partial charge in [-0.2, -0.15) is 18.3 Å². The van der Waals surface area contributed by atoms with Crippen LogP contribution in [0, 0.1) is 6.92 Å². The topological polar surface area (TPSA) is 77.6 Å². The highest BCUT2D eigenvalue weighted by Gasteiger charge is 2.36. The van der Waals surface area contributed by atoms with Crippen LogP contribution in [0.25, 0.3) is 5.69 Å². The van der Waals surface area contributed by atoms with Crippen molar-refractivity contribution >= 4 is 11.6 Å². The van der Waals surface area contributed by atoms with Gasteiger partial charge >= 0.3 is 6.18 Å². The highest BCUT2D eigenvalue weighted by Crippen LogP contribution is 2.30. The lowest BCUT2D eigenvalue weighted by Crippen LogP contribution is -2.16. The molecule has 1 amide bonds. The number of nitrogens with zero attached hydrogens (tertiary/aromatic N) is 5. The smallest absolute Gasteiger partial charge is 0.321 e. The minimum atomic E-state index is -4.56. The average molecular weight is 350 g/mol. The SMILES string of the molecule is Cc1cc(C(=O)Nc2ccc(-n3nncc3C(F)(F)F)cc2)n(C)n1. The Morgan fingerprint density at radius 1 is 1.20 bits per heavy atom. The lowest BCUT2D eigenvalue weighted by Gasteiger charge is -2.10. The summed E-state index contributed by atoms with van der Waals surface area (Å²) < 4.78 is 40.8. The molecule has 0 aliphatic heterocycles. The number of hydrogen-bond donors (Lipinski definition) is 1. The van der Waals surface area contributed by atoms with Crippen LogP contribution in [-0.2, 0) is 13.2 Å². The van der Waals surface area contributed by atoms with Gasteiger partial charge in [-0.1, -0.05) is 5.21 Å². The van der Waals surface area contributed by atoms with Crippen molar-refractivity contribution in [1.82, 2.24) is 24.8 Å². The van der Waals surface area contributed by atoms with Crippen LogP contribution in [0.2, 0.25) is 0 Å². The number of aryl methyl sites for hydroxylation is 2. The molecule has 0 bridgehead atoms. The van der Waals surface area contributed by atoms with Gasteiger partial charge in [-0.25, -0.2) is 4.68 Å². The van der Waals surface area contributed by atoms with E-state index in [1.54, 1.807) is 20.0 Å². The number of hydrogen-bond acceptors (Lipinski definition) is 4. The third kappa shape index (κ3) is 3.37. The zero-order valence-electron chi connectivity index (χ0n) is 13.2. The van der Waals surface area contributed by atoms with Crippen molar-refractivity contribution in [3.05, 3.63) is 53.6 Å². The molecular weight excluding hydrogens is 337 g/mol. The van der Waals surface area contributed by atoms with Crippen LogP contribution < -0.4 is 5.32 Å². The number of rotatable bonds is 3. The van der Waals surface area contributed by atoms with Crippen LogP contribution >= 0.6 is 0 Å². The second-order valence-electron chi connectivity index (χ2n) is 5.32. The van der Waals surface area contributed by atoms with Gasteiger partial charge in [0.2, 0.25) is 0 Å². The summed E-state index contributed by atoms with van der Waals surface area (Å²) in [7, 11) is 1.65. The maximum Gasteiger partial charge on any atom is 0.435 e. The molecule has 0 aliphatic rings. The van der Waals surface area contributed by atoms with Crippen LogP contribution in [0.4, 0.5) is 18.9 Å². The molecular formula is C15H13F3N6O. The molecule has 0 spiro atoms. The predicted molar refractivity (Wildman–Crippen MR) is 82.3 cm³/mol. The molecule has 0 saturated carbocycles. The summed E-state index contributed by atoms with van der Waals surface area (Å²) in [5, 5.41) is 13.5. The molecule has 130 valence electrons. The van der Waals surface area contributed by atoms with Crippen LogP contribution in [0.1, 0.15) is 21.9 Å². The zero-order chi connectivity index (χ0) is 18.2. The summed E-state index contributed by atoms with van der Waals surface area (Å²) >= 11 is 0. The number of anilines is 1. The first-order valence-corrected chi connectivity index (χ1v) is 7.16. The molecule has 0 saturated heterocycles. The maximum atomic E-state index is 12.9. The Morgan fingerprint density at radius 2 is 1.88 bits per heavy atom. The van der Waals surface area contributed by atoms with Crippen LogP contribution in [0.3, 0.4) is 0 Å². The largest absolute Gasteiger partial charge is 0.435 e. The maximum absolute atomic E-state index is 12.9. The highest BCUT2D eigenvalue weighted by molar-refractivity contribution is 6.03. The third-order valence-corrected chi connectivity index (χ3v) is 3.44.